The maximum absolute atomic E-state index is 11.6. The molecule has 0 unspecified atom stereocenters. The summed E-state index contributed by atoms with van der Waals surface area (Å²) in [6.07, 6.45) is 0. The van der Waals surface area contributed by atoms with Gasteiger partial charge in [-0.1, -0.05) is 23.7 Å². The summed E-state index contributed by atoms with van der Waals surface area (Å²) in [6.45, 7) is 12.1. The Hall–Kier alpha value is -2.76. The van der Waals surface area contributed by atoms with E-state index in [4.69, 9.17) is 0 Å². The zero-order valence-corrected chi connectivity index (χ0v) is 25.8. The summed E-state index contributed by atoms with van der Waals surface area (Å²) in [6, 6.07) is 17.2. The SMILES string of the molecule is CCN(CC)c1cc(I)cc(C#Cc2cc(C#Cc3cc(I)cc(N(CC)CC)c3)cc([N+](=O)[O-])c2)c1. The Morgan fingerprint density at radius 3 is 1.30 bits per heavy atom. The predicted octanol–water partition coefficient (Wildman–Crippen LogP) is 7.30. The number of halogens is 2. The van der Waals surface area contributed by atoms with E-state index in [-0.39, 0.29) is 5.69 Å². The maximum Gasteiger partial charge on any atom is 0.271 e. The number of benzene rings is 3. The van der Waals surface area contributed by atoms with Crippen LogP contribution < -0.4 is 9.80 Å². The van der Waals surface area contributed by atoms with Crippen LogP contribution in [0, 0.1) is 40.9 Å². The standard InChI is InChI=1S/C30H29I2N3O2/c1-5-33(6-2)28-16-24(14-26(31)20-28)11-9-22-13-23(19-30(18-22)35(36)37)10-12-25-15-27(32)21-29(17-25)34(7-3)8-4/h13-21H,5-8H2,1-4H3. The van der Waals surface area contributed by atoms with Gasteiger partial charge in [-0.15, -0.1) is 0 Å². The van der Waals surface area contributed by atoms with E-state index in [0.29, 0.717) is 11.1 Å². The highest BCUT2D eigenvalue weighted by atomic mass is 127. The van der Waals surface area contributed by atoms with Crippen LogP contribution in [0.4, 0.5) is 17.1 Å². The first-order chi connectivity index (χ1) is 17.8. The largest absolute Gasteiger partial charge is 0.372 e. The molecule has 0 heterocycles. The molecule has 37 heavy (non-hydrogen) atoms. The third-order valence-electron chi connectivity index (χ3n) is 5.85. The number of nitrogens with zero attached hydrogens (tertiary/aromatic N) is 3. The molecule has 0 aliphatic rings. The summed E-state index contributed by atoms with van der Waals surface area (Å²) in [7, 11) is 0. The molecule has 0 aliphatic heterocycles. The molecule has 7 heteroatoms. The molecule has 0 bridgehead atoms. The summed E-state index contributed by atoms with van der Waals surface area (Å²) in [5.41, 5.74) is 5.09. The van der Waals surface area contributed by atoms with Crippen molar-refractivity contribution >= 4 is 62.2 Å². The monoisotopic (exact) mass is 717 g/mol. The first kappa shape index (κ1) is 28.8. The molecule has 0 amide bonds. The fourth-order valence-electron chi connectivity index (χ4n) is 3.98. The average Bonchev–Trinajstić information content (AvgIpc) is 2.87. The zero-order chi connectivity index (χ0) is 26.9. The Morgan fingerprint density at radius 1 is 0.622 bits per heavy atom. The molecule has 0 radical (unpaired) electrons. The third-order valence-corrected chi connectivity index (χ3v) is 7.10. The van der Waals surface area contributed by atoms with Crippen molar-refractivity contribution in [2.75, 3.05) is 36.0 Å². The first-order valence-corrected chi connectivity index (χ1v) is 14.4. The lowest BCUT2D eigenvalue weighted by Crippen LogP contribution is -2.21. The van der Waals surface area contributed by atoms with Crippen LogP contribution in [0.1, 0.15) is 49.9 Å². The van der Waals surface area contributed by atoms with Crippen molar-refractivity contribution < 1.29 is 4.92 Å². The molecular formula is C30H29I2N3O2. The van der Waals surface area contributed by atoms with E-state index in [0.717, 1.165) is 55.8 Å². The van der Waals surface area contributed by atoms with Crippen LogP contribution in [-0.2, 0) is 0 Å². The van der Waals surface area contributed by atoms with Crippen LogP contribution in [0.25, 0.3) is 0 Å². The van der Waals surface area contributed by atoms with Gasteiger partial charge in [-0.2, -0.15) is 0 Å². The Kier molecular flexibility index (Phi) is 10.7. The minimum atomic E-state index is -0.399. The van der Waals surface area contributed by atoms with E-state index in [1.807, 2.05) is 18.2 Å². The van der Waals surface area contributed by atoms with E-state index in [9.17, 15) is 10.1 Å². The van der Waals surface area contributed by atoms with Gasteiger partial charge in [-0.3, -0.25) is 10.1 Å². The van der Waals surface area contributed by atoms with Crippen molar-refractivity contribution in [1.82, 2.24) is 0 Å². The molecule has 0 atom stereocenters. The molecule has 3 aromatic rings. The van der Waals surface area contributed by atoms with Gasteiger partial charge >= 0.3 is 0 Å². The number of hydrogen-bond acceptors (Lipinski definition) is 4. The van der Waals surface area contributed by atoms with Crippen LogP contribution in [-0.4, -0.2) is 31.1 Å². The molecule has 0 aromatic heterocycles. The molecule has 0 saturated carbocycles. The van der Waals surface area contributed by atoms with Crippen LogP contribution in [0.2, 0.25) is 0 Å². The number of non-ortho nitro benzene ring substituents is 1. The third kappa shape index (κ3) is 8.11. The molecule has 3 aromatic carbocycles. The lowest BCUT2D eigenvalue weighted by Gasteiger charge is -2.21. The predicted molar refractivity (Wildman–Crippen MR) is 170 cm³/mol. The highest BCUT2D eigenvalue weighted by molar-refractivity contribution is 14.1. The first-order valence-electron chi connectivity index (χ1n) is 12.2. The molecule has 0 saturated heterocycles. The second-order valence-corrected chi connectivity index (χ2v) is 10.8. The Labute approximate surface area is 247 Å². The van der Waals surface area contributed by atoms with Crippen molar-refractivity contribution in [3.8, 4) is 23.7 Å². The molecule has 0 N–H and O–H groups in total. The van der Waals surface area contributed by atoms with Gasteiger partial charge in [-0.05, 0) is 115 Å². The quantitative estimate of drug-likeness (QED) is 0.112. The topological polar surface area (TPSA) is 49.6 Å². The number of anilines is 2. The Balaban J connectivity index is 1.99. The van der Waals surface area contributed by atoms with Crippen molar-refractivity contribution in [2.24, 2.45) is 0 Å². The Morgan fingerprint density at radius 2 is 0.973 bits per heavy atom. The van der Waals surface area contributed by atoms with Gasteiger partial charge in [0, 0.05) is 79.1 Å². The highest BCUT2D eigenvalue weighted by Crippen LogP contribution is 2.22. The van der Waals surface area contributed by atoms with Gasteiger partial charge in [0.05, 0.1) is 4.92 Å². The summed E-state index contributed by atoms with van der Waals surface area (Å²) < 4.78 is 2.19. The Bertz CT molecular complexity index is 1310. The second kappa shape index (κ2) is 13.7. The number of nitro benzene ring substituents is 1. The van der Waals surface area contributed by atoms with Crippen LogP contribution in [0.3, 0.4) is 0 Å². The van der Waals surface area contributed by atoms with Crippen LogP contribution >= 0.6 is 45.2 Å². The normalized spacial score (nSPS) is 10.1. The number of rotatable bonds is 7. The van der Waals surface area contributed by atoms with Gasteiger partial charge in [0.25, 0.3) is 5.69 Å². The van der Waals surface area contributed by atoms with E-state index in [1.54, 1.807) is 0 Å². The second-order valence-electron chi connectivity index (χ2n) is 8.27. The summed E-state index contributed by atoms with van der Waals surface area (Å²) in [5, 5.41) is 11.6. The summed E-state index contributed by atoms with van der Waals surface area (Å²) >= 11 is 4.59. The van der Waals surface area contributed by atoms with Gasteiger partial charge < -0.3 is 9.80 Å². The van der Waals surface area contributed by atoms with Crippen molar-refractivity contribution in [1.29, 1.82) is 0 Å². The molecule has 0 spiro atoms. The van der Waals surface area contributed by atoms with Gasteiger partial charge in [-0.25, -0.2) is 0 Å². The van der Waals surface area contributed by atoms with Crippen LogP contribution in [0.5, 0.6) is 0 Å². The molecule has 5 nitrogen and oxygen atoms in total. The summed E-state index contributed by atoms with van der Waals surface area (Å²) in [5.74, 6) is 12.6. The minimum absolute atomic E-state index is 0.0194. The lowest BCUT2D eigenvalue weighted by atomic mass is 10.1. The van der Waals surface area contributed by atoms with Crippen molar-refractivity contribution in [3.63, 3.8) is 0 Å². The minimum Gasteiger partial charge on any atom is -0.372 e. The van der Waals surface area contributed by atoms with Crippen molar-refractivity contribution in [3.05, 3.63) is 94.1 Å². The molecular weight excluding hydrogens is 688 g/mol. The fraction of sp³-hybridized carbons (Fsp3) is 0.267. The fourth-order valence-corrected chi connectivity index (χ4v) is 5.29. The molecule has 3 rings (SSSR count). The van der Waals surface area contributed by atoms with E-state index < -0.39 is 4.92 Å². The van der Waals surface area contributed by atoms with Gasteiger partial charge in [0.1, 0.15) is 0 Å². The van der Waals surface area contributed by atoms with Gasteiger partial charge in [0.15, 0.2) is 0 Å². The van der Waals surface area contributed by atoms with Gasteiger partial charge in [0.2, 0.25) is 0 Å². The number of nitro groups is 1. The zero-order valence-electron chi connectivity index (χ0n) is 21.4. The number of hydrogen-bond donors (Lipinski definition) is 0. The van der Waals surface area contributed by atoms with Crippen molar-refractivity contribution in [2.45, 2.75) is 27.7 Å². The van der Waals surface area contributed by atoms with E-state index >= 15 is 0 Å². The molecule has 0 aliphatic carbocycles. The van der Waals surface area contributed by atoms with Crippen LogP contribution in [0.15, 0.2) is 54.6 Å². The van der Waals surface area contributed by atoms with E-state index in [2.05, 4.69) is 131 Å². The maximum atomic E-state index is 11.6. The molecule has 190 valence electrons. The van der Waals surface area contributed by atoms with E-state index in [1.165, 1.54) is 12.1 Å². The lowest BCUT2D eigenvalue weighted by molar-refractivity contribution is -0.384. The highest BCUT2D eigenvalue weighted by Gasteiger charge is 2.09. The average molecular weight is 717 g/mol. The smallest absolute Gasteiger partial charge is 0.271 e. The molecule has 0 fully saturated rings. The summed E-state index contributed by atoms with van der Waals surface area (Å²) in [4.78, 5) is 15.7.